The lowest BCUT2D eigenvalue weighted by molar-refractivity contribution is -0.131. The topological polar surface area (TPSA) is 68.5 Å². The number of unbranched alkanes of at least 4 members (excludes halogenated alkanes) is 1. The zero-order valence-electron chi connectivity index (χ0n) is 15.9. The zero-order chi connectivity index (χ0) is 18.7. The van der Waals surface area contributed by atoms with Crippen molar-refractivity contribution in [3.63, 3.8) is 0 Å². The van der Waals surface area contributed by atoms with E-state index in [0.29, 0.717) is 24.7 Å². The highest BCUT2D eigenvalue weighted by atomic mass is 16.5. The van der Waals surface area contributed by atoms with Crippen LogP contribution in [0, 0.1) is 5.41 Å². The highest BCUT2D eigenvalue weighted by Gasteiger charge is 2.51. The van der Waals surface area contributed by atoms with Crippen LogP contribution in [0.4, 0.5) is 0 Å². The van der Waals surface area contributed by atoms with E-state index in [9.17, 15) is 4.79 Å². The van der Waals surface area contributed by atoms with Crippen LogP contribution in [0.2, 0.25) is 0 Å². The van der Waals surface area contributed by atoms with Gasteiger partial charge in [-0.1, -0.05) is 48.8 Å². The zero-order valence-corrected chi connectivity index (χ0v) is 15.9. The van der Waals surface area contributed by atoms with E-state index >= 15 is 0 Å². The second-order valence-electron chi connectivity index (χ2n) is 7.73. The van der Waals surface area contributed by atoms with Crippen LogP contribution in [0.15, 0.2) is 34.9 Å². The molecule has 4 rings (SSSR count). The van der Waals surface area contributed by atoms with E-state index in [1.807, 2.05) is 35.2 Å². The maximum absolute atomic E-state index is 12.7. The van der Waals surface area contributed by atoms with Crippen molar-refractivity contribution >= 4 is 5.91 Å². The second-order valence-corrected chi connectivity index (χ2v) is 7.73. The van der Waals surface area contributed by atoms with Gasteiger partial charge in [-0.05, 0) is 19.3 Å². The number of carbonyl (C=O) groups is 1. The van der Waals surface area contributed by atoms with Crippen LogP contribution in [0.5, 0.6) is 0 Å². The van der Waals surface area contributed by atoms with Gasteiger partial charge in [0.05, 0.1) is 5.92 Å². The molecule has 1 aromatic heterocycles. The second kappa shape index (κ2) is 7.80. The summed E-state index contributed by atoms with van der Waals surface area (Å²) in [5.41, 5.74) is 0.933. The minimum Gasteiger partial charge on any atom is -0.381 e. The quantitative estimate of drug-likeness (QED) is 0.805. The number of ether oxygens (including phenoxy) is 1. The van der Waals surface area contributed by atoms with E-state index in [-0.39, 0.29) is 17.2 Å². The molecule has 2 saturated heterocycles. The number of amides is 1. The first kappa shape index (κ1) is 18.2. The molecule has 1 atom stereocenters. The fraction of sp³-hybridized carbons (Fsp3) is 0.571. The maximum Gasteiger partial charge on any atom is 0.232 e. The van der Waals surface area contributed by atoms with Crippen molar-refractivity contribution in [1.29, 1.82) is 0 Å². The third-order valence-electron chi connectivity index (χ3n) is 6.01. The van der Waals surface area contributed by atoms with Gasteiger partial charge < -0.3 is 14.2 Å². The fourth-order valence-corrected chi connectivity index (χ4v) is 4.35. The van der Waals surface area contributed by atoms with E-state index < -0.39 is 0 Å². The normalized spacial score (nSPS) is 21.7. The molecular formula is C21H27N3O3. The molecule has 0 saturated carbocycles. The standard InChI is InChI=1S/C21H27N3O3/c1-2-3-9-18(25)24-14-17(21(15-24)10-12-26-13-11-21)20-22-19(23-27-20)16-7-5-4-6-8-16/h4-8,17H,2-3,9-15H2,1H3. The van der Waals surface area contributed by atoms with Crippen molar-refractivity contribution in [1.82, 2.24) is 15.0 Å². The summed E-state index contributed by atoms with van der Waals surface area (Å²) in [6, 6.07) is 9.87. The molecule has 1 spiro atoms. The number of nitrogens with zero attached hydrogens (tertiary/aromatic N) is 3. The molecule has 3 heterocycles. The molecule has 0 aliphatic carbocycles. The van der Waals surface area contributed by atoms with Gasteiger partial charge in [0.15, 0.2) is 0 Å². The minimum atomic E-state index is -0.0133. The molecule has 1 aromatic carbocycles. The average Bonchev–Trinajstić information content (AvgIpc) is 3.33. The van der Waals surface area contributed by atoms with Crippen LogP contribution in [-0.2, 0) is 9.53 Å². The van der Waals surface area contributed by atoms with Crippen LogP contribution < -0.4 is 0 Å². The van der Waals surface area contributed by atoms with E-state index in [1.165, 1.54) is 0 Å². The average molecular weight is 369 g/mol. The van der Waals surface area contributed by atoms with Gasteiger partial charge in [-0.3, -0.25) is 4.79 Å². The Kier molecular flexibility index (Phi) is 5.25. The first-order chi connectivity index (χ1) is 13.2. The summed E-state index contributed by atoms with van der Waals surface area (Å²) in [6.07, 6.45) is 4.45. The highest BCUT2D eigenvalue weighted by Crippen LogP contribution is 2.49. The van der Waals surface area contributed by atoms with Crippen LogP contribution in [0.3, 0.4) is 0 Å². The molecule has 2 aliphatic heterocycles. The van der Waals surface area contributed by atoms with Crippen LogP contribution in [-0.4, -0.2) is 47.3 Å². The Hall–Kier alpha value is -2.21. The first-order valence-corrected chi connectivity index (χ1v) is 9.96. The summed E-state index contributed by atoms with van der Waals surface area (Å²) in [5, 5.41) is 4.21. The molecule has 6 heteroatoms. The van der Waals surface area contributed by atoms with E-state index in [1.54, 1.807) is 0 Å². The Morgan fingerprint density at radius 1 is 1.26 bits per heavy atom. The fourth-order valence-electron chi connectivity index (χ4n) is 4.35. The first-order valence-electron chi connectivity index (χ1n) is 9.96. The Morgan fingerprint density at radius 3 is 2.78 bits per heavy atom. The molecule has 0 N–H and O–H groups in total. The summed E-state index contributed by atoms with van der Waals surface area (Å²) < 4.78 is 11.3. The van der Waals surface area contributed by atoms with Crippen LogP contribution in [0.1, 0.15) is 50.8 Å². The Bertz CT molecular complexity index is 768. The monoisotopic (exact) mass is 369 g/mol. The van der Waals surface area contributed by atoms with Crippen molar-refractivity contribution in [3.05, 3.63) is 36.2 Å². The summed E-state index contributed by atoms with van der Waals surface area (Å²) in [6.45, 7) is 5.01. The Balaban J connectivity index is 1.59. The minimum absolute atomic E-state index is 0.0133. The third-order valence-corrected chi connectivity index (χ3v) is 6.01. The smallest absolute Gasteiger partial charge is 0.232 e. The van der Waals surface area contributed by atoms with Gasteiger partial charge in [0.25, 0.3) is 0 Å². The largest absolute Gasteiger partial charge is 0.381 e. The van der Waals surface area contributed by atoms with Gasteiger partial charge in [-0.15, -0.1) is 0 Å². The summed E-state index contributed by atoms with van der Waals surface area (Å²) in [7, 11) is 0. The predicted molar refractivity (Wildman–Crippen MR) is 101 cm³/mol. The molecule has 2 aromatic rings. The van der Waals surface area contributed by atoms with E-state index in [2.05, 4.69) is 12.1 Å². The van der Waals surface area contributed by atoms with Gasteiger partial charge in [0.2, 0.25) is 17.6 Å². The molecule has 144 valence electrons. The molecule has 6 nitrogen and oxygen atoms in total. The lowest BCUT2D eigenvalue weighted by Gasteiger charge is -2.36. The van der Waals surface area contributed by atoms with Gasteiger partial charge in [0.1, 0.15) is 0 Å². The number of aromatic nitrogens is 2. The number of carbonyl (C=O) groups excluding carboxylic acids is 1. The summed E-state index contributed by atoms with van der Waals surface area (Å²) in [4.78, 5) is 19.4. The van der Waals surface area contributed by atoms with Crippen LogP contribution >= 0.6 is 0 Å². The molecule has 2 fully saturated rings. The van der Waals surface area contributed by atoms with Crippen molar-refractivity contribution in [2.45, 2.75) is 44.9 Å². The van der Waals surface area contributed by atoms with Crippen LogP contribution in [0.25, 0.3) is 11.4 Å². The lowest BCUT2D eigenvalue weighted by atomic mass is 9.72. The molecule has 0 bridgehead atoms. The SMILES string of the molecule is CCCCC(=O)N1CC(c2nc(-c3ccccc3)no2)C2(CCOCC2)C1. The van der Waals surface area contributed by atoms with E-state index in [0.717, 1.165) is 51.0 Å². The predicted octanol–water partition coefficient (Wildman–Crippen LogP) is 3.65. The van der Waals surface area contributed by atoms with Gasteiger partial charge in [-0.2, -0.15) is 4.98 Å². The van der Waals surface area contributed by atoms with Gasteiger partial charge in [-0.25, -0.2) is 0 Å². The van der Waals surface area contributed by atoms with Crippen molar-refractivity contribution in [3.8, 4) is 11.4 Å². The number of benzene rings is 1. The highest BCUT2D eigenvalue weighted by molar-refractivity contribution is 5.76. The Labute approximate surface area is 159 Å². The molecule has 0 radical (unpaired) electrons. The molecule has 27 heavy (non-hydrogen) atoms. The molecule has 2 aliphatic rings. The summed E-state index contributed by atoms with van der Waals surface area (Å²) >= 11 is 0. The van der Waals surface area contributed by atoms with E-state index in [4.69, 9.17) is 14.2 Å². The molecule has 1 unspecified atom stereocenters. The molecule has 1 amide bonds. The van der Waals surface area contributed by atoms with Gasteiger partial charge >= 0.3 is 0 Å². The summed E-state index contributed by atoms with van der Waals surface area (Å²) in [5.74, 6) is 1.59. The number of rotatable bonds is 5. The third kappa shape index (κ3) is 3.63. The lowest BCUT2D eigenvalue weighted by Crippen LogP contribution is -2.37. The number of likely N-dealkylation sites (tertiary alicyclic amines) is 1. The van der Waals surface area contributed by atoms with Crippen molar-refractivity contribution in [2.24, 2.45) is 5.41 Å². The van der Waals surface area contributed by atoms with Gasteiger partial charge in [0, 0.05) is 43.7 Å². The molecular weight excluding hydrogens is 342 g/mol. The van der Waals surface area contributed by atoms with Crippen molar-refractivity contribution < 1.29 is 14.1 Å². The van der Waals surface area contributed by atoms with Crippen molar-refractivity contribution in [2.75, 3.05) is 26.3 Å². The number of hydrogen-bond donors (Lipinski definition) is 0. The maximum atomic E-state index is 12.7. The number of hydrogen-bond acceptors (Lipinski definition) is 5. The Morgan fingerprint density at radius 2 is 2.04 bits per heavy atom.